The van der Waals surface area contributed by atoms with Crippen molar-refractivity contribution in [3.8, 4) is 18.1 Å². The number of terminal acetylenes is 1. The maximum Gasteiger partial charge on any atom is 0.254 e. The van der Waals surface area contributed by atoms with Gasteiger partial charge >= 0.3 is 0 Å². The Labute approximate surface area is 94.8 Å². The van der Waals surface area contributed by atoms with Gasteiger partial charge in [0.15, 0.2) is 0 Å². The number of hydrogen-bond acceptors (Lipinski definition) is 3. The molecule has 16 heavy (non-hydrogen) atoms. The summed E-state index contributed by atoms with van der Waals surface area (Å²) in [5, 5.41) is 2.63. The van der Waals surface area contributed by atoms with Crippen molar-refractivity contribution in [2.75, 3.05) is 12.8 Å². The largest absolute Gasteiger partial charge is 0.497 e. The van der Waals surface area contributed by atoms with E-state index >= 15 is 0 Å². The van der Waals surface area contributed by atoms with Crippen LogP contribution in [0.3, 0.4) is 0 Å². The maximum absolute atomic E-state index is 11.7. The molecule has 1 aromatic rings. The topological polar surface area (TPSA) is 64.3 Å². The summed E-state index contributed by atoms with van der Waals surface area (Å²) in [5.41, 5.74) is 6.48. The number of carbonyl (C=O) groups is 1. The molecule has 0 spiro atoms. The number of nitrogens with two attached hydrogens (primary N) is 1. The monoisotopic (exact) mass is 218 g/mol. The molecule has 1 atom stereocenters. The molecule has 84 valence electrons. The molecule has 0 heterocycles. The molecule has 0 aliphatic heterocycles. The number of amides is 1. The van der Waals surface area contributed by atoms with Crippen LogP contribution in [0.4, 0.5) is 5.69 Å². The summed E-state index contributed by atoms with van der Waals surface area (Å²) in [6.45, 7) is 1.72. The van der Waals surface area contributed by atoms with Gasteiger partial charge in [-0.15, -0.1) is 6.42 Å². The molecule has 0 aliphatic carbocycles. The quantitative estimate of drug-likeness (QED) is 0.588. The number of rotatable bonds is 3. The summed E-state index contributed by atoms with van der Waals surface area (Å²) in [4.78, 5) is 11.7. The summed E-state index contributed by atoms with van der Waals surface area (Å²) < 4.78 is 4.99. The van der Waals surface area contributed by atoms with Crippen molar-refractivity contribution in [3.05, 3.63) is 23.8 Å². The van der Waals surface area contributed by atoms with Gasteiger partial charge in [-0.25, -0.2) is 0 Å². The number of anilines is 1. The van der Waals surface area contributed by atoms with E-state index in [9.17, 15) is 4.79 Å². The number of carbonyl (C=O) groups excluding carboxylic acids is 1. The van der Waals surface area contributed by atoms with Crippen molar-refractivity contribution in [1.29, 1.82) is 0 Å². The van der Waals surface area contributed by atoms with Crippen LogP contribution in [-0.4, -0.2) is 19.1 Å². The first-order valence-electron chi connectivity index (χ1n) is 4.79. The molecule has 0 bridgehead atoms. The SMILES string of the molecule is C#CC(C)NC(=O)c1ccc(OC)cc1N. The molecule has 1 aromatic carbocycles. The van der Waals surface area contributed by atoms with Crippen LogP contribution < -0.4 is 15.8 Å². The zero-order valence-electron chi connectivity index (χ0n) is 9.28. The lowest BCUT2D eigenvalue weighted by molar-refractivity contribution is 0.0949. The van der Waals surface area contributed by atoms with E-state index in [2.05, 4.69) is 11.2 Å². The zero-order valence-corrected chi connectivity index (χ0v) is 9.28. The molecule has 1 unspecified atom stereocenters. The molecule has 4 heteroatoms. The fourth-order valence-electron chi connectivity index (χ4n) is 1.19. The van der Waals surface area contributed by atoms with Crippen molar-refractivity contribution < 1.29 is 9.53 Å². The summed E-state index contributed by atoms with van der Waals surface area (Å²) in [6.07, 6.45) is 5.17. The van der Waals surface area contributed by atoms with E-state index in [1.54, 1.807) is 25.1 Å². The molecule has 0 aromatic heterocycles. The van der Waals surface area contributed by atoms with Crippen LogP contribution in [0.15, 0.2) is 18.2 Å². The van der Waals surface area contributed by atoms with Crippen LogP contribution in [0.5, 0.6) is 5.75 Å². The highest BCUT2D eigenvalue weighted by Crippen LogP contribution is 2.19. The first-order valence-corrected chi connectivity index (χ1v) is 4.79. The average Bonchev–Trinajstić information content (AvgIpc) is 2.28. The molecule has 0 fully saturated rings. The maximum atomic E-state index is 11.7. The molecule has 1 amide bonds. The van der Waals surface area contributed by atoms with Crippen molar-refractivity contribution in [3.63, 3.8) is 0 Å². The number of nitrogen functional groups attached to an aromatic ring is 1. The van der Waals surface area contributed by atoms with Gasteiger partial charge in [0.1, 0.15) is 5.75 Å². The van der Waals surface area contributed by atoms with E-state index in [0.29, 0.717) is 17.0 Å². The van der Waals surface area contributed by atoms with Gasteiger partial charge in [0, 0.05) is 11.8 Å². The predicted molar refractivity (Wildman–Crippen MR) is 63.2 cm³/mol. The Kier molecular flexibility index (Phi) is 3.78. The summed E-state index contributed by atoms with van der Waals surface area (Å²) >= 11 is 0. The van der Waals surface area contributed by atoms with E-state index < -0.39 is 0 Å². The standard InChI is InChI=1S/C12H14N2O2/c1-4-8(2)14-12(15)10-6-5-9(16-3)7-11(10)13/h1,5-8H,13H2,2-3H3,(H,14,15). The van der Waals surface area contributed by atoms with Crippen LogP contribution in [0, 0.1) is 12.3 Å². The Morgan fingerprint density at radius 1 is 1.62 bits per heavy atom. The first kappa shape index (κ1) is 11.9. The Morgan fingerprint density at radius 3 is 2.81 bits per heavy atom. The minimum atomic E-state index is -0.325. The predicted octanol–water partition coefficient (Wildman–Crippen LogP) is 1.03. The fraction of sp³-hybridized carbons (Fsp3) is 0.250. The third-order valence-corrected chi connectivity index (χ3v) is 2.10. The molecule has 0 saturated carbocycles. The second kappa shape index (κ2) is 5.08. The van der Waals surface area contributed by atoms with E-state index in [-0.39, 0.29) is 11.9 Å². The normalized spacial score (nSPS) is 11.3. The zero-order chi connectivity index (χ0) is 12.1. The highest BCUT2D eigenvalue weighted by atomic mass is 16.5. The molecule has 0 saturated heterocycles. The van der Waals surface area contributed by atoms with Gasteiger partial charge in [-0.05, 0) is 19.1 Å². The minimum Gasteiger partial charge on any atom is -0.497 e. The molecular formula is C12H14N2O2. The fourth-order valence-corrected chi connectivity index (χ4v) is 1.19. The lowest BCUT2D eigenvalue weighted by Crippen LogP contribution is -2.31. The Hall–Kier alpha value is -2.15. The Balaban J connectivity index is 2.89. The van der Waals surface area contributed by atoms with Gasteiger partial charge < -0.3 is 15.8 Å². The van der Waals surface area contributed by atoms with Crippen LogP contribution in [0.25, 0.3) is 0 Å². The van der Waals surface area contributed by atoms with Gasteiger partial charge in [0.25, 0.3) is 5.91 Å². The number of benzene rings is 1. The molecule has 1 rings (SSSR count). The van der Waals surface area contributed by atoms with Crippen LogP contribution in [-0.2, 0) is 0 Å². The number of ether oxygens (including phenoxy) is 1. The van der Waals surface area contributed by atoms with Crippen LogP contribution >= 0.6 is 0 Å². The van der Waals surface area contributed by atoms with Gasteiger partial charge in [-0.3, -0.25) is 4.79 Å². The average molecular weight is 218 g/mol. The smallest absolute Gasteiger partial charge is 0.254 e. The van der Waals surface area contributed by atoms with Gasteiger partial charge in [0.2, 0.25) is 0 Å². The minimum absolute atomic E-state index is 0.286. The van der Waals surface area contributed by atoms with Crippen molar-refractivity contribution >= 4 is 11.6 Å². The van der Waals surface area contributed by atoms with Crippen molar-refractivity contribution in [2.24, 2.45) is 0 Å². The molecule has 0 radical (unpaired) electrons. The lowest BCUT2D eigenvalue weighted by Gasteiger charge is -2.10. The summed E-state index contributed by atoms with van der Waals surface area (Å²) in [7, 11) is 1.54. The molecule has 4 nitrogen and oxygen atoms in total. The van der Waals surface area contributed by atoms with E-state index in [0.717, 1.165) is 0 Å². The summed E-state index contributed by atoms with van der Waals surface area (Å²) in [5.74, 6) is 2.73. The lowest BCUT2D eigenvalue weighted by atomic mass is 10.1. The molecule has 0 aliphatic rings. The van der Waals surface area contributed by atoms with Gasteiger partial charge in [-0.2, -0.15) is 0 Å². The highest BCUT2D eigenvalue weighted by molar-refractivity contribution is 5.99. The Morgan fingerprint density at radius 2 is 2.31 bits per heavy atom. The number of methoxy groups -OCH3 is 1. The second-order valence-corrected chi connectivity index (χ2v) is 3.31. The number of hydrogen-bond donors (Lipinski definition) is 2. The Bertz CT molecular complexity index is 435. The van der Waals surface area contributed by atoms with Crippen LogP contribution in [0.2, 0.25) is 0 Å². The highest BCUT2D eigenvalue weighted by Gasteiger charge is 2.11. The summed E-state index contributed by atoms with van der Waals surface area (Å²) in [6, 6.07) is 4.54. The van der Waals surface area contributed by atoms with Gasteiger partial charge in [0.05, 0.1) is 18.7 Å². The molecular weight excluding hydrogens is 204 g/mol. The van der Waals surface area contributed by atoms with E-state index in [1.165, 1.54) is 7.11 Å². The van der Waals surface area contributed by atoms with E-state index in [1.807, 2.05) is 0 Å². The van der Waals surface area contributed by atoms with E-state index in [4.69, 9.17) is 16.9 Å². The van der Waals surface area contributed by atoms with Gasteiger partial charge in [-0.1, -0.05) is 5.92 Å². The molecule has 3 N–H and O–H groups in total. The van der Waals surface area contributed by atoms with Crippen molar-refractivity contribution in [2.45, 2.75) is 13.0 Å². The first-order chi connectivity index (χ1) is 7.58. The van der Waals surface area contributed by atoms with Crippen molar-refractivity contribution in [1.82, 2.24) is 5.32 Å². The second-order valence-electron chi connectivity index (χ2n) is 3.31. The number of nitrogens with one attached hydrogen (secondary N) is 1. The van der Waals surface area contributed by atoms with Crippen LogP contribution in [0.1, 0.15) is 17.3 Å². The third-order valence-electron chi connectivity index (χ3n) is 2.10. The third kappa shape index (κ3) is 2.67.